The summed E-state index contributed by atoms with van der Waals surface area (Å²) in [5.41, 5.74) is 3.61. The molecule has 2 heterocycles. The Labute approximate surface area is 225 Å². The van der Waals surface area contributed by atoms with Crippen LogP contribution in [0.3, 0.4) is 0 Å². The smallest absolute Gasteiger partial charge is 0.330 e. The Morgan fingerprint density at radius 3 is 2.50 bits per heavy atom. The average Bonchev–Trinajstić information content (AvgIpc) is 2.92. The van der Waals surface area contributed by atoms with Crippen LogP contribution in [0.1, 0.15) is 19.4 Å². The summed E-state index contributed by atoms with van der Waals surface area (Å²) in [5.74, 6) is 0. The monoisotopic (exact) mass is 530 g/mol. The maximum absolute atomic E-state index is 12.8. The van der Waals surface area contributed by atoms with Crippen molar-refractivity contribution in [2.45, 2.75) is 25.3 Å². The molecule has 2 amide bonds. The molecule has 0 bridgehead atoms. The summed E-state index contributed by atoms with van der Waals surface area (Å²) >= 11 is 1.50. The van der Waals surface area contributed by atoms with Crippen molar-refractivity contribution in [2.24, 2.45) is 14.1 Å². The number of rotatable bonds is 8. The number of aryl methyl sites for hydroxylation is 1. The molecule has 0 aliphatic carbocycles. The minimum atomic E-state index is -0.354. The number of nitrogens with zero attached hydrogens (tertiary/aromatic N) is 4. The number of pyridine rings is 1. The molecule has 2 N–H and O–H groups in total. The number of amides is 2. The maximum Gasteiger partial charge on any atom is 0.330 e. The van der Waals surface area contributed by atoms with E-state index in [4.69, 9.17) is 0 Å². The molecule has 0 saturated heterocycles. The summed E-state index contributed by atoms with van der Waals surface area (Å²) in [6.07, 6.45) is 5.52. The number of allylic oxidation sites excluding steroid dienone is 1. The molecule has 38 heavy (non-hydrogen) atoms. The molecule has 0 aliphatic heterocycles. The molecular formula is C28H30N6O3S. The van der Waals surface area contributed by atoms with Crippen molar-refractivity contribution in [1.29, 1.82) is 0 Å². The highest BCUT2D eigenvalue weighted by molar-refractivity contribution is 8.00. The highest BCUT2D eigenvalue weighted by Gasteiger charge is 2.13. The van der Waals surface area contributed by atoms with Gasteiger partial charge in [0.2, 0.25) is 0 Å². The van der Waals surface area contributed by atoms with Gasteiger partial charge in [-0.3, -0.25) is 18.9 Å². The molecule has 0 unspecified atom stereocenters. The summed E-state index contributed by atoms with van der Waals surface area (Å²) in [5, 5.41) is 6.15. The number of aromatic nitrogens is 3. The van der Waals surface area contributed by atoms with Gasteiger partial charge in [-0.1, -0.05) is 17.7 Å². The third-order valence-electron chi connectivity index (χ3n) is 5.91. The molecule has 4 rings (SSSR count). The van der Waals surface area contributed by atoms with Crippen LogP contribution in [0.4, 0.5) is 16.2 Å². The van der Waals surface area contributed by atoms with Crippen LogP contribution in [0.2, 0.25) is 0 Å². The molecule has 0 fully saturated rings. The molecular weight excluding hydrogens is 500 g/mol. The lowest BCUT2D eigenvalue weighted by Gasteiger charge is -2.23. The number of carbonyl (C=O) groups is 1. The van der Waals surface area contributed by atoms with Crippen LogP contribution in [-0.4, -0.2) is 26.7 Å². The van der Waals surface area contributed by atoms with Crippen molar-refractivity contribution < 1.29 is 4.79 Å². The van der Waals surface area contributed by atoms with E-state index in [9.17, 15) is 14.4 Å². The number of benzene rings is 2. The van der Waals surface area contributed by atoms with Crippen molar-refractivity contribution >= 4 is 40.3 Å². The Morgan fingerprint density at radius 2 is 1.82 bits per heavy atom. The number of anilines is 2. The van der Waals surface area contributed by atoms with E-state index in [-0.39, 0.29) is 17.3 Å². The standard InChI is InChI=1S/C28H30N6O3S/c1-19(2)13-15-34(38-23-11-12-25-24(16-23)26(35)33(4)28(37)32(25)3)22-9-7-21(8-10-22)31-27(36)30-18-20-6-5-14-29-17-20/h5-14,16-17H,15,18H2,1-4H3,(H2,30,31,36). The van der Waals surface area contributed by atoms with Crippen LogP contribution in [0.5, 0.6) is 0 Å². The topological polar surface area (TPSA) is 101 Å². The second kappa shape index (κ2) is 11.8. The molecule has 4 aromatic rings. The Hall–Kier alpha value is -4.31. The van der Waals surface area contributed by atoms with Gasteiger partial charge in [0.15, 0.2) is 0 Å². The third-order valence-corrected chi connectivity index (χ3v) is 6.95. The fourth-order valence-electron chi connectivity index (χ4n) is 3.79. The molecule has 9 nitrogen and oxygen atoms in total. The number of hydrogen-bond acceptors (Lipinski definition) is 6. The number of urea groups is 1. The predicted molar refractivity (Wildman–Crippen MR) is 154 cm³/mol. The minimum absolute atomic E-state index is 0.301. The quantitative estimate of drug-likeness (QED) is 0.258. The van der Waals surface area contributed by atoms with Crippen molar-refractivity contribution in [3.05, 3.63) is 105 Å². The molecule has 0 saturated carbocycles. The minimum Gasteiger partial charge on any atom is -0.334 e. The Kier molecular flexibility index (Phi) is 8.32. The van der Waals surface area contributed by atoms with Crippen molar-refractivity contribution in [3.8, 4) is 0 Å². The van der Waals surface area contributed by atoms with Gasteiger partial charge in [0, 0.05) is 55.8 Å². The fourth-order valence-corrected chi connectivity index (χ4v) is 4.72. The van der Waals surface area contributed by atoms with Crippen LogP contribution >= 0.6 is 11.9 Å². The highest BCUT2D eigenvalue weighted by Crippen LogP contribution is 2.31. The molecule has 0 radical (unpaired) electrons. The lowest BCUT2D eigenvalue weighted by atomic mass is 10.2. The van der Waals surface area contributed by atoms with Gasteiger partial charge in [0.1, 0.15) is 0 Å². The van der Waals surface area contributed by atoms with Crippen molar-refractivity contribution in [1.82, 2.24) is 19.4 Å². The third kappa shape index (κ3) is 6.33. The van der Waals surface area contributed by atoms with Crippen molar-refractivity contribution in [3.63, 3.8) is 0 Å². The molecule has 0 atom stereocenters. The first-order chi connectivity index (χ1) is 18.2. The first kappa shape index (κ1) is 26.7. The normalized spacial score (nSPS) is 10.7. The lowest BCUT2D eigenvalue weighted by Crippen LogP contribution is -2.36. The van der Waals surface area contributed by atoms with Gasteiger partial charge in [-0.2, -0.15) is 0 Å². The second-order valence-corrected chi connectivity index (χ2v) is 10.1. The van der Waals surface area contributed by atoms with E-state index in [0.717, 1.165) is 20.7 Å². The van der Waals surface area contributed by atoms with E-state index >= 15 is 0 Å². The van der Waals surface area contributed by atoms with Crippen LogP contribution in [0, 0.1) is 0 Å². The summed E-state index contributed by atoms with van der Waals surface area (Å²) in [7, 11) is 3.15. The van der Waals surface area contributed by atoms with Crippen molar-refractivity contribution in [2.75, 3.05) is 16.2 Å². The van der Waals surface area contributed by atoms with E-state index in [1.807, 2.05) is 62.4 Å². The van der Waals surface area contributed by atoms with E-state index in [1.54, 1.807) is 25.5 Å². The largest absolute Gasteiger partial charge is 0.334 e. The molecule has 2 aromatic carbocycles. The zero-order valence-corrected chi connectivity index (χ0v) is 22.6. The lowest BCUT2D eigenvalue weighted by molar-refractivity contribution is 0.251. The van der Waals surface area contributed by atoms with Crippen LogP contribution < -0.4 is 26.2 Å². The zero-order chi connectivity index (χ0) is 27.2. The highest BCUT2D eigenvalue weighted by atomic mass is 32.2. The Morgan fingerprint density at radius 1 is 1.05 bits per heavy atom. The van der Waals surface area contributed by atoms with Gasteiger partial charge in [0.05, 0.1) is 10.9 Å². The summed E-state index contributed by atoms with van der Waals surface area (Å²) in [4.78, 5) is 42.2. The fraction of sp³-hybridized carbons (Fsp3) is 0.214. The molecule has 10 heteroatoms. The second-order valence-electron chi connectivity index (χ2n) is 9.03. The number of carbonyl (C=O) groups excluding carboxylic acids is 1. The number of nitrogens with one attached hydrogen (secondary N) is 2. The van der Waals surface area contributed by atoms with Gasteiger partial charge < -0.3 is 14.9 Å². The zero-order valence-electron chi connectivity index (χ0n) is 21.8. The predicted octanol–water partition coefficient (Wildman–Crippen LogP) is 4.43. The summed E-state index contributed by atoms with van der Waals surface area (Å²) < 4.78 is 4.70. The SMILES string of the molecule is CC(C)=CCN(Sc1ccc2c(c1)c(=O)n(C)c(=O)n2C)c1ccc(NC(=O)NCc2cccnc2)cc1. The van der Waals surface area contributed by atoms with Gasteiger partial charge in [0.25, 0.3) is 5.56 Å². The van der Waals surface area contributed by atoms with E-state index in [2.05, 4.69) is 26.0 Å². The number of fused-ring (bicyclic) bond motifs is 1. The molecule has 0 spiro atoms. The van der Waals surface area contributed by atoms with E-state index in [1.165, 1.54) is 29.1 Å². The number of hydrogen-bond donors (Lipinski definition) is 2. The van der Waals surface area contributed by atoms with Gasteiger partial charge in [-0.05, 0) is 79.9 Å². The summed E-state index contributed by atoms with van der Waals surface area (Å²) in [6, 6.07) is 16.5. The van der Waals surface area contributed by atoms with E-state index < -0.39 is 0 Å². The van der Waals surface area contributed by atoms with Crippen LogP contribution in [0.25, 0.3) is 10.9 Å². The summed E-state index contributed by atoms with van der Waals surface area (Å²) in [6.45, 7) is 5.10. The first-order valence-electron chi connectivity index (χ1n) is 12.1. The molecule has 0 aliphatic rings. The van der Waals surface area contributed by atoms with E-state index in [0.29, 0.717) is 29.7 Å². The molecule has 2 aromatic heterocycles. The van der Waals surface area contributed by atoms with Gasteiger partial charge in [-0.25, -0.2) is 9.59 Å². The molecule has 196 valence electrons. The Balaban J connectivity index is 1.52. The van der Waals surface area contributed by atoms with Gasteiger partial charge >= 0.3 is 11.7 Å². The first-order valence-corrected chi connectivity index (χ1v) is 12.8. The van der Waals surface area contributed by atoms with Gasteiger partial charge in [-0.15, -0.1) is 0 Å². The van der Waals surface area contributed by atoms with Crippen LogP contribution in [0.15, 0.2) is 93.1 Å². The Bertz CT molecular complexity index is 1590. The average molecular weight is 531 g/mol. The maximum atomic E-state index is 12.8. The van der Waals surface area contributed by atoms with Crippen LogP contribution in [-0.2, 0) is 20.6 Å².